The van der Waals surface area contributed by atoms with Crippen molar-refractivity contribution >= 4 is 16.8 Å². The average molecular weight is 270 g/mol. The fraction of sp³-hybridized carbons (Fsp3) is 0.467. The average Bonchev–Trinajstić information content (AvgIpc) is 3.06. The highest BCUT2D eigenvalue weighted by molar-refractivity contribution is 6.04. The van der Waals surface area contributed by atoms with Gasteiger partial charge in [-0.15, -0.1) is 0 Å². The lowest BCUT2D eigenvalue weighted by Crippen LogP contribution is -2.37. The van der Waals surface area contributed by atoms with E-state index in [2.05, 4.69) is 20.4 Å². The Morgan fingerprint density at radius 2 is 2.15 bits per heavy atom. The van der Waals surface area contributed by atoms with Crippen LogP contribution in [0.1, 0.15) is 29.8 Å². The molecule has 1 aromatic carbocycles. The molecule has 1 amide bonds. The number of nitrogens with zero attached hydrogens (tertiary/aromatic N) is 2. The van der Waals surface area contributed by atoms with Gasteiger partial charge in [-0.2, -0.15) is 5.10 Å². The maximum absolute atomic E-state index is 12.4. The van der Waals surface area contributed by atoms with E-state index in [0.29, 0.717) is 5.69 Å². The van der Waals surface area contributed by atoms with Crippen molar-refractivity contribution in [1.82, 2.24) is 20.4 Å². The minimum absolute atomic E-state index is 0.0647. The lowest BCUT2D eigenvalue weighted by molar-refractivity contribution is 0.0934. The molecule has 5 heteroatoms. The highest BCUT2D eigenvalue weighted by Gasteiger charge is 2.35. The van der Waals surface area contributed by atoms with Crippen LogP contribution in [0.15, 0.2) is 24.3 Å². The lowest BCUT2D eigenvalue weighted by Gasteiger charge is -2.15. The molecule has 1 saturated carbocycles. The molecule has 1 saturated heterocycles. The van der Waals surface area contributed by atoms with Gasteiger partial charge in [-0.25, -0.2) is 0 Å². The number of hydrogen-bond donors (Lipinski definition) is 2. The monoisotopic (exact) mass is 270 g/mol. The summed E-state index contributed by atoms with van der Waals surface area (Å²) < 4.78 is 0. The Bertz CT molecular complexity index is 646. The van der Waals surface area contributed by atoms with Gasteiger partial charge < -0.3 is 5.32 Å². The number of nitrogens with one attached hydrogen (secondary N) is 2. The molecule has 2 N–H and O–H groups in total. The zero-order valence-corrected chi connectivity index (χ0v) is 11.3. The molecule has 0 spiro atoms. The largest absolute Gasteiger partial charge is 0.347 e. The van der Waals surface area contributed by atoms with E-state index < -0.39 is 0 Å². The van der Waals surface area contributed by atoms with Crippen LogP contribution in [0.3, 0.4) is 0 Å². The van der Waals surface area contributed by atoms with Gasteiger partial charge in [-0.3, -0.25) is 14.8 Å². The fourth-order valence-electron chi connectivity index (χ4n) is 3.07. The van der Waals surface area contributed by atoms with Crippen LogP contribution in [0, 0.1) is 0 Å². The summed E-state index contributed by atoms with van der Waals surface area (Å²) in [5.41, 5.74) is 1.41. The Labute approximate surface area is 117 Å². The summed E-state index contributed by atoms with van der Waals surface area (Å²) in [4.78, 5) is 14.8. The van der Waals surface area contributed by atoms with Gasteiger partial charge in [0.05, 0.1) is 5.52 Å². The third-order valence-electron chi connectivity index (χ3n) is 4.30. The van der Waals surface area contributed by atoms with Crippen molar-refractivity contribution < 1.29 is 4.79 Å². The molecule has 1 aliphatic carbocycles. The fourth-order valence-corrected chi connectivity index (χ4v) is 3.07. The van der Waals surface area contributed by atoms with Crippen LogP contribution in [-0.4, -0.2) is 46.2 Å². The molecule has 2 heterocycles. The van der Waals surface area contributed by atoms with Crippen LogP contribution in [-0.2, 0) is 0 Å². The van der Waals surface area contributed by atoms with Crippen molar-refractivity contribution in [2.24, 2.45) is 0 Å². The van der Waals surface area contributed by atoms with Gasteiger partial charge in [0.1, 0.15) is 0 Å². The molecule has 1 aromatic heterocycles. The Kier molecular flexibility index (Phi) is 2.73. The van der Waals surface area contributed by atoms with Gasteiger partial charge in [-0.1, -0.05) is 18.2 Å². The number of rotatable bonds is 3. The highest BCUT2D eigenvalue weighted by Crippen LogP contribution is 2.29. The van der Waals surface area contributed by atoms with Crippen molar-refractivity contribution in [2.75, 3.05) is 13.1 Å². The summed E-state index contributed by atoms with van der Waals surface area (Å²) in [6.45, 7) is 2.09. The topological polar surface area (TPSA) is 61.0 Å². The van der Waals surface area contributed by atoms with Crippen LogP contribution >= 0.6 is 0 Å². The first-order valence-electron chi connectivity index (χ1n) is 7.29. The van der Waals surface area contributed by atoms with Crippen LogP contribution in [0.2, 0.25) is 0 Å². The number of fused-ring (bicyclic) bond motifs is 1. The number of likely N-dealkylation sites (tertiary alicyclic amines) is 1. The highest BCUT2D eigenvalue weighted by atomic mass is 16.2. The number of carbonyl (C=O) groups excluding carboxylic acids is 1. The minimum atomic E-state index is -0.0647. The van der Waals surface area contributed by atoms with Gasteiger partial charge >= 0.3 is 0 Å². The molecule has 1 aliphatic heterocycles. The summed E-state index contributed by atoms with van der Waals surface area (Å²) in [6, 6.07) is 8.77. The molecule has 0 radical (unpaired) electrons. The number of hydrogen-bond acceptors (Lipinski definition) is 3. The van der Waals surface area contributed by atoms with Crippen molar-refractivity contribution in [2.45, 2.75) is 31.3 Å². The first kappa shape index (κ1) is 11.9. The first-order valence-corrected chi connectivity index (χ1v) is 7.29. The van der Waals surface area contributed by atoms with Gasteiger partial charge in [0.25, 0.3) is 5.91 Å². The van der Waals surface area contributed by atoms with Crippen LogP contribution in [0.5, 0.6) is 0 Å². The number of aromatic nitrogens is 2. The smallest absolute Gasteiger partial charge is 0.272 e. The standard InChI is InChI=1S/C15H18N4O/c20-15(14-12-3-1-2-4-13(12)17-18-14)16-10-7-8-19(9-10)11-5-6-11/h1-4,10-11H,5-9H2,(H,16,20)(H,17,18). The van der Waals surface area contributed by atoms with E-state index in [4.69, 9.17) is 0 Å². The molecule has 5 nitrogen and oxygen atoms in total. The number of para-hydroxylation sites is 1. The normalized spacial score (nSPS) is 23.3. The van der Waals surface area contributed by atoms with Gasteiger partial charge in [0.2, 0.25) is 0 Å². The Morgan fingerprint density at radius 1 is 1.30 bits per heavy atom. The predicted octanol–water partition coefficient (Wildman–Crippen LogP) is 1.53. The maximum atomic E-state index is 12.4. The van der Waals surface area contributed by atoms with Crippen molar-refractivity contribution in [3.05, 3.63) is 30.0 Å². The summed E-state index contributed by atoms with van der Waals surface area (Å²) >= 11 is 0. The minimum Gasteiger partial charge on any atom is -0.347 e. The molecule has 104 valence electrons. The van der Waals surface area contributed by atoms with E-state index in [-0.39, 0.29) is 11.9 Å². The molecule has 2 aromatic rings. The number of H-pyrrole nitrogens is 1. The molecule has 20 heavy (non-hydrogen) atoms. The Balaban J connectivity index is 1.47. The zero-order chi connectivity index (χ0) is 13.5. The van der Waals surface area contributed by atoms with Gasteiger partial charge in [-0.05, 0) is 25.3 Å². The Morgan fingerprint density at radius 3 is 3.00 bits per heavy atom. The SMILES string of the molecule is O=C(NC1CCN(C2CC2)C1)c1n[nH]c2ccccc12. The number of amides is 1. The van der Waals surface area contributed by atoms with E-state index in [9.17, 15) is 4.79 Å². The third kappa shape index (κ3) is 2.08. The molecule has 2 aliphatic rings. The summed E-state index contributed by atoms with van der Waals surface area (Å²) in [6.07, 6.45) is 3.69. The van der Waals surface area contributed by atoms with Crippen LogP contribution in [0.25, 0.3) is 10.9 Å². The maximum Gasteiger partial charge on any atom is 0.272 e. The molecule has 1 atom stereocenters. The van der Waals surface area contributed by atoms with Gasteiger partial charge in [0.15, 0.2) is 5.69 Å². The molecular formula is C15H18N4O. The second kappa shape index (κ2) is 4.59. The van der Waals surface area contributed by atoms with E-state index in [1.165, 1.54) is 12.8 Å². The molecular weight excluding hydrogens is 252 g/mol. The van der Waals surface area contributed by atoms with Crippen LogP contribution < -0.4 is 5.32 Å². The molecule has 1 unspecified atom stereocenters. The van der Waals surface area contributed by atoms with Crippen molar-refractivity contribution in [3.63, 3.8) is 0 Å². The second-order valence-corrected chi connectivity index (χ2v) is 5.80. The van der Waals surface area contributed by atoms with Crippen molar-refractivity contribution in [1.29, 1.82) is 0 Å². The van der Waals surface area contributed by atoms with E-state index >= 15 is 0 Å². The van der Waals surface area contributed by atoms with Crippen molar-refractivity contribution in [3.8, 4) is 0 Å². The number of carbonyl (C=O) groups is 1. The third-order valence-corrected chi connectivity index (χ3v) is 4.30. The summed E-state index contributed by atoms with van der Waals surface area (Å²) in [5, 5.41) is 11.1. The number of aromatic amines is 1. The van der Waals surface area contributed by atoms with E-state index in [1.54, 1.807) is 0 Å². The van der Waals surface area contributed by atoms with Gasteiger partial charge in [0, 0.05) is 30.6 Å². The Hall–Kier alpha value is -1.88. The second-order valence-electron chi connectivity index (χ2n) is 5.80. The number of benzene rings is 1. The lowest BCUT2D eigenvalue weighted by atomic mass is 10.2. The molecule has 0 bridgehead atoms. The molecule has 4 rings (SSSR count). The van der Waals surface area contributed by atoms with Crippen LogP contribution in [0.4, 0.5) is 0 Å². The summed E-state index contributed by atoms with van der Waals surface area (Å²) in [7, 11) is 0. The zero-order valence-electron chi connectivity index (χ0n) is 11.3. The predicted molar refractivity (Wildman–Crippen MR) is 76.6 cm³/mol. The quantitative estimate of drug-likeness (QED) is 0.889. The summed E-state index contributed by atoms with van der Waals surface area (Å²) in [5.74, 6) is -0.0647. The van der Waals surface area contributed by atoms with E-state index in [0.717, 1.165) is 36.5 Å². The van der Waals surface area contributed by atoms with E-state index in [1.807, 2.05) is 24.3 Å². The first-order chi connectivity index (χ1) is 9.81. The molecule has 2 fully saturated rings.